The number of thiophene rings is 1. The SMILES string of the molecule is O=C(CCS(=O)(=O)c1ccccc1)NCc1ccc(C(=O)c2ccco2)s1. The molecule has 2 heterocycles. The molecule has 2 aromatic heterocycles. The van der Waals surface area contributed by atoms with Crippen molar-refractivity contribution < 1.29 is 22.4 Å². The summed E-state index contributed by atoms with van der Waals surface area (Å²) in [5.41, 5.74) is 0. The lowest BCUT2D eigenvalue weighted by molar-refractivity contribution is -0.120. The minimum atomic E-state index is -3.48. The fourth-order valence-corrected chi connectivity index (χ4v) is 4.52. The lowest BCUT2D eigenvalue weighted by Crippen LogP contribution is -2.24. The second kappa shape index (κ2) is 8.32. The van der Waals surface area contributed by atoms with Crippen molar-refractivity contribution in [2.75, 3.05) is 5.75 Å². The molecule has 8 heteroatoms. The summed E-state index contributed by atoms with van der Waals surface area (Å²) in [7, 11) is -3.48. The molecular formula is C19H17NO5S2. The number of nitrogens with one attached hydrogen (secondary N) is 1. The second-order valence-corrected chi connectivity index (χ2v) is 9.01. The van der Waals surface area contributed by atoms with Gasteiger partial charge in [-0.1, -0.05) is 18.2 Å². The van der Waals surface area contributed by atoms with Gasteiger partial charge in [0.05, 0.1) is 28.3 Å². The molecule has 0 aliphatic rings. The van der Waals surface area contributed by atoms with E-state index in [1.54, 1.807) is 42.5 Å². The highest BCUT2D eigenvalue weighted by Crippen LogP contribution is 2.20. The Balaban J connectivity index is 1.51. The largest absolute Gasteiger partial charge is 0.461 e. The standard InChI is InChI=1S/C19H17NO5S2/c21-18(10-12-27(23,24)15-5-2-1-3-6-15)20-13-14-8-9-17(26-14)19(22)16-7-4-11-25-16/h1-9,11H,10,12-13H2,(H,20,21). The van der Waals surface area contributed by atoms with Crippen molar-refractivity contribution in [3.8, 4) is 0 Å². The van der Waals surface area contributed by atoms with E-state index in [0.717, 1.165) is 4.88 Å². The molecule has 27 heavy (non-hydrogen) atoms. The third-order valence-corrected chi connectivity index (χ3v) is 6.61. The Morgan fingerprint density at radius 3 is 2.48 bits per heavy atom. The first-order valence-electron chi connectivity index (χ1n) is 8.17. The molecule has 3 aromatic rings. The van der Waals surface area contributed by atoms with Gasteiger partial charge < -0.3 is 9.73 Å². The zero-order valence-electron chi connectivity index (χ0n) is 14.3. The van der Waals surface area contributed by atoms with E-state index in [2.05, 4.69) is 5.32 Å². The van der Waals surface area contributed by atoms with Crippen LogP contribution in [0.1, 0.15) is 26.7 Å². The number of hydrogen-bond donors (Lipinski definition) is 1. The van der Waals surface area contributed by atoms with Crippen molar-refractivity contribution in [3.63, 3.8) is 0 Å². The Labute approximate surface area is 160 Å². The number of carbonyl (C=O) groups excluding carboxylic acids is 2. The van der Waals surface area contributed by atoms with Crippen molar-refractivity contribution >= 4 is 32.9 Å². The topological polar surface area (TPSA) is 93.5 Å². The van der Waals surface area contributed by atoms with E-state index in [-0.39, 0.29) is 41.1 Å². The molecule has 0 saturated heterocycles. The van der Waals surface area contributed by atoms with E-state index >= 15 is 0 Å². The van der Waals surface area contributed by atoms with Crippen LogP contribution in [0, 0.1) is 0 Å². The van der Waals surface area contributed by atoms with E-state index in [0.29, 0.717) is 4.88 Å². The summed E-state index contributed by atoms with van der Waals surface area (Å²) >= 11 is 1.26. The fourth-order valence-electron chi connectivity index (χ4n) is 2.37. The number of ketones is 1. The molecule has 3 rings (SSSR count). The molecule has 0 radical (unpaired) electrons. The van der Waals surface area contributed by atoms with E-state index in [1.807, 2.05) is 0 Å². The summed E-state index contributed by atoms with van der Waals surface area (Å²) in [4.78, 5) is 25.7. The van der Waals surface area contributed by atoms with Crippen LogP contribution in [0.2, 0.25) is 0 Å². The quantitative estimate of drug-likeness (QED) is 0.584. The second-order valence-electron chi connectivity index (χ2n) is 5.73. The molecule has 0 bridgehead atoms. The van der Waals surface area contributed by atoms with Gasteiger partial charge in [-0.15, -0.1) is 11.3 Å². The molecule has 0 spiro atoms. The first kappa shape index (κ1) is 19.1. The highest BCUT2D eigenvalue weighted by molar-refractivity contribution is 7.91. The number of sulfone groups is 1. The monoisotopic (exact) mass is 403 g/mol. The van der Waals surface area contributed by atoms with Gasteiger partial charge in [0.1, 0.15) is 0 Å². The smallest absolute Gasteiger partial charge is 0.238 e. The molecule has 1 aromatic carbocycles. The number of amides is 1. The van der Waals surface area contributed by atoms with E-state index in [1.165, 1.54) is 29.7 Å². The van der Waals surface area contributed by atoms with Crippen molar-refractivity contribution in [3.05, 3.63) is 76.4 Å². The van der Waals surface area contributed by atoms with Gasteiger partial charge in [0, 0.05) is 11.3 Å². The molecule has 140 valence electrons. The lowest BCUT2D eigenvalue weighted by Gasteiger charge is -2.05. The minimum Gasteiger partial charge on any atom is -0.461 e. The van der Waals surface area contributed by atoms with Gasteiger partial charge in [-0.05, 0) is 36.4 Å². The minimum absolute atomic E-state index is 0.124. The van der Waals surface area contributed by atoms with Crippen LogP contribution >= 0.6 is 11.3 Å². The van der Waals surface area contributed by atoms with Gasteiger partial charge in [0.15, 0.2) is 15.6 Å². The molecule has 0 fully saturated rings. The van der Waals surface area contributed by atoms with Crippen molar-refractivity contribution in [2.24, 2.45) is 0 Å². The van der Waals surface area contributed by atoms with Crippen molar-refractivity contribution in [1.82, 2.24) is 5.32 Å². The van der Waals surface area contributed by atoms with Crippen LogP contribution in [-0.4, -0.2) is 25.9 Å². The van der Waals surface area contributed by atoms with Crippen LogP contribution in [0.15, 0.2) is 70.2 Å². The van der Waals surface area contributed by atoms with E-state index < -0.39 is 9.84 Å². The molecule has 1 amide bonds. The highest BCUT2D eigenvalue weighted by atomic mass is 32.2. The molecule has 0 atom stereocenters. The summed E-state index contributed by atoms with van der Waals surface area (Å²) in [6.07, 6.45) is 1.31. The zero-order valence-corrected chi connectivity index (χ0v) is 15.9. The maximum absolute atomic E-state index is 12.2. The summed E-state index contributed by atoms with van der Waals surface area (Å²) in [6.45, 7) is 0.236. The summed E-state index contributed by atoms with van der Waals surface area (Å²) in [5, 5.41) is 2.68. The molecule has 0 aliphatic carbocycles. The summed E-state index contributed by atoms with van der Waals surface area (Å²) in [5.74, 6) is -0.563. The van der Waals surface area contributed by atoms with Crippen LogP contribution in [-0.2, 0) is 21.2 Å². The van der Waals surface area contributed by atoms with Gasteiger partial charge >= 0.3 is 0 Å². The molecular weight excluding hydrogens is 386 g/mol. The first-order valence-corrected chi connectivity index (χ1v) is 10.6. The number of hydrogen-bond acceptors (Lipinski definition) is 6. The molecule has 6 nitrogen and oxygen atoms in total. The zero-order chi connectivity index (χ0) is 19.3. The van der Waals surface area contributed by atoms with Gasteiger partial charge in [-0.3, -0.25) is 9.59 Å². The predicted octanol–water partition coefficient (Wildman–Crippen LogP) is 3.05. The van der Waals surface area contributed by atoms with Crippen LogP contribution < -0.4 is 5.32 Å². The maximum atomic E-state index is 12.2. The Morgan fingerprint density at radius 2 is 1.78 bits per heavy atom. The predicted molar refractivity (Wildman–Crippen MR) is 101 cm³/mol. The molecule has 0 saturated carbocycles. The summed E-state index contributed by atoms with van der Waals surface area (Å²) in [6, 6.07) is 14.7. The average molecular weight is 403 g/mol. The van der Waals surface area contributed by atoms with E-state index in [9.17, 15) is 18.0 Å². The number of carbonyl (C=O) groups is 2. The Bertz CT molecular complexity index is 1020. The Kier molecular flexibility index (Phi) is 5.88. The lowest BCUT2D eigenvalue weighted by atomic mass is 10.2. The van der Waals surface area contributed by atoms with E-state index in [4.69, 9.17) is 4.42 Å². The highest BCUT2D eigenvalue weighted by Gasteiger charge is 2.17. The normalized spacial score (nSPS) is 11.3. The number of furan rings is 1. The molecule has 1 N–H and O–H groups in total. The van der Waals surface area contributed by atoms with Crippen molar-refractivity contribution in [1.29, 1.82) is 0 Å². The Hall–Kier alpha value is -2.71. The van der Waals surface area contributed by atoms with Gasteiger partial charge in [0.25, 0.3) is 0 Å². The van der Waals surface area contributed by atoms with Gasteiger partial charge in [-0.2, -0.15) is 0 Å². The molecule has 0 aliphatic heterocycles. The molecule has 0 unspecified atom stereocenters. The third kappa shape index (κ3) is 4.93. The fraction of sp³-hybridized carbons (Fsp3) is 0.158. The van der Waals surface area contributed by atoms with Crippen LogP contribution in [0.4, 0.5) is 0 Å². The van der Waals surface area contributed by atoms with Crippen LogP contribution in [0.25, 0.3) is 0 Å². The Morgan fingerprint density at radius 1 is 1.00 bits per heavy atom. The van der Waals surface area contributed by atoms with Crippen LogP contribution in [0.5, 0.6) is 0 Å². The maximum Gasteiger partial charge on any atom is 0.238 e. The summed E-state index contributed by atoms with van der Waals surface area (Å²) < 4.78 is 29.4. The van der Waals surface area contributed by atoms with Gasteiger partial charge in [-0.25, -0.2) is 8.42 Å². The van der Waals surface area contributed by atoms with Crippen LogP contribution in [0.3, 0.4) is 0 Å². The number of benzene rings is 1. The number of rotatable bonds is 8. The first-order chi connectivity index (χ1) is 13.0. The van der Waals surface area contributed by atoms with Gasteiger partial charge in [0.2, 0.25) is 11.7 Å². The third-order valence-electron chi connectivity index (χ3n) is 3.79. The van der Waals surface area contributed by atoms with Crippen molar-refractivity contribution in [2.45, 2.75) is 17.9 Å². The average Bonchev–Trinajstić information content (AvgIpc) is 3.37.